The van der Waals surface area contributed by atoms with Crippen molar-refractivity contribution in [3.8, 4) is 11.8 Å². The van der Waals surface area contributed by atoms with E-state index in [0.29, 0.717) is 18.0 Å². The number of benzene rings is 1. The Labute approximate surface area is 127 Å². The number of hydrogen-bond donors (Lipinski definition) is 1. The molecule has 1 amide bonds. The minimum atomic E-state index is 0.0477. The minimum absolute atomic E-state index is 0.0477. The first-order valence-corrected chi connectivity index (χ1v) is 7.68. The summed E-state index contributed by atoms with van der Waals surface area (Å²) in [4.78, 5) is 14.8. The number of aryl methyl sites for hydroxylation is 1. The summed E-state index contributed by atoms with van der Waals surface area (Å²) < 4.78 is 0. The van der Waals surface area contributed by atoms with Gasteiger partial charge in [-0.1, -0.05) is 24.8 Å². The smallest absolute Gasteiger partial charge is 0.255 e. The van der Waals surface area contributed by atoms with Gasteiger partial charge >= 0.3 is 0 Å². The number of aliphatic hydroxyl groups excluding tert-OH is 1. The van der Waals surface area contributed by atoms with Crippen molar-refractivity contribution < 1.29 is 9.90 Å². The highest BCUT2D eigenvalue weighted by atomic mass is 16.2. The van der Waals surface area contributed by atoms with Gasteiger partial charge in [0, 0.05) is 24.6 Å². The Kier molecular flexibility index (Phi) is 5.41. The maximum atomic E-state index is 12.8. The number of hydrogen-bond acceptors (Lipinski definition) is 2. The maximum Gasteiger partial charge on any atom is 0.255 e. The van der Waals surface area contributed by atoms with Crippen LogP contribution in [0.4, 0.5) is 0 Å². The SMILES string of the molecule is CCC1CCCN1C(=O)c1ccc(C)cc1C#CCCO. The van der Waals surface area contributed by atoms with Crippen molar-refractivity contribution in [2.24, 2.45) is 0 Å². The van der Waals surface area contributed by atoms with E-state index in [1.165, 1.54) is 0 Å². The molecular weight excluding hydrogens is 262 g/mol. The molecule has 1 aliphatic heterocycles. The largest absolute Gasteiger partial charge is 0.395 e. The van der Waals surface area contributed by atoms with Crippen LogP contribution in [-0.2, 0) is 0 Å². The molecule has 0 spiro atoms. The van der Waals surface area contributed by atoms with E-state index < -0.39 is 0 Å². The molecule has 1 heterocycles. The standard InChI is InChI=1S/C18H23NO2/c1-3-16-8-6-11-19(16)18(21)17-10-9-14(2)13-15(17)7-4-5-12-20/h9-10,13,16,20H,3,5-6,8,11-12H2,1-2H3. The van der Waals surface area contributed by atoms with Crippen molar-refractivity contribution in [3.63, 3.8) is 0 Å². The molecule has 1 aromatic rings. The Hall–Kier alpha value is -1.79. The van der Waals surface area contributed by atoms with Crippen molar-refractivity contribution in [3.05, 3.63) is 34.9 Å². The summed E-state index contributed by atoms with van der Waals surface area (Å²) in [6.07, 6.45) is 3.62. The highest BCUT2D eigenvalue weighted by Gasteiger charge is 2.28. The molecule has 3 heteroatoms. The van der Waals surface area contributed by atoms with E-state index in [1.54, 1.807) is 0 Å². The molecule has 21 heavy (non-hydrogen) atoms. The zero-order valence-corrected chi connectivity index (χ0v) is 12.9. The highest BCUT2D eigenvalue weighted by molar-refractivity contribution is 5.97. The van der Waals surface area contributed by atoms with Crippen molar-refractivity contribution in [2.75, 3.05) is 13.2 Å². The Bertz CT molecular complexity index is 568. The molecule has 1 aliphatic rings. The molecule has 0 bridgehead atoms. The molecule has 1 unspecified atom stereocenters. The Morgan fingerprint density at radius 3 is 3.00 bits per heavy atom. The van der Waals surface area contributed by atoms with E-state index in [4.69, 9.17) is 5.11 Å². The van der Waals surface area contributed by atoms with Crippen LogP contribution < -0.4 is 0 Å². The predicted octanol–water partition coefficient (Wildman–Crippen LogP) is 2.74. The number of amides is 1. The van der Waals surface area contributed by atoms with E-state index in [9.17, 15) is 4.79 Å². The molecule has 1 atom stereocenters. The van der Waals surface area contributed by atoms with Gasteiger partial charge in [-0.05, 0) is 43.9 Å². The van der Waals surface area contributed by atoms with Crippen molar-refractivity contribution in [2.45, 2.75) is 45.6 Å². The van der Waals surface area contributed by atoms with Gasteiger partial charge in [0.1, 0.15) is 0 Å². The van der Waals surface area contributed by atoms with E-state index in [0.717, 1.165) is 36.9 Å². The van der Waals surface area contributed by atoms with Crippen LogP contribution in [-0.4, -0.2) is 35.1 Å². The minimum Gasteiger partial charge on any atom is -0.395 e. The summed E-state index contributed by atoms with van der Waals surface area (Å²) in [6, 6.07) is 6.15. The summed E-state index contributed by atoms with van der Waals surface area (Å²) in [5.74, 6) is 6.04. The molecule has 0 saturated carbocycles. The molecule has 1 saturated heterocycles. The topological polar surface area (TPSA) is 40.5 Å². The van der Waals surface area contributed by atoms with Gasteiger partial charge in [-0.2, -0.15) is 0 Å². The van der Waals surface area contributed by atoms with E-state index >= 15 is 0 Å². The van der Waals surface area contributed by atoms with Crippen molar-refractivity contribution >= 4 is 5.91 Å². The van der Waals surface area contributed by atoms with Gasteiger partial charge < -0.3 is 10.0 Å². The van der Waals surface area contributed by atoms with E-state index in [1.807, 2.05) is 30.0 Å². The molecule has 1 aromatic carbocycles. The second kappa shape index (κ2) is 7.28. The molecule has 1 fully saturated rings. The lowest BCUT2D eigenvalue weighted by atomic mass is 10.0. The first kappa shape index (κ1) is 15.6. The monoisotopic (exact) mass is 285 g/mol. The average molecular weight is 285 g/mol. The molecule has 112 valence electrons. The van der Waals surface area contributed by atoms with E-state index in [2.05, 4.69) is 18.8 Å². The van der Waals surface area contributed by atoms with Crippen molar-refractivity contribution in [1.82, 2.24) is 4.90 Å². The average Bonchev–Trinajstić information content (AvgIpc) is 2.95. The van der Waals surface area contributed by atoms with Crippen LogP contribution in [0.5, 0.6) is 0 Å². The van der Waals surface area contributed by atoms with Crippen molar-refractivity contribution in [1.29, 1.82) is 0 Å². The molecule has 0 radical (unpaired) electrons. The molecule has 0 aromatic heterocycles. The van der Waals surface area contributed by atoms with Crippen LogP contribution in [0.25, 0.3) is 0 Å². The number of aliphatic hydroxyl groups is 1. The van der Waals surface area contributed by atoms with Crippen LogP contribution in [0.1, 0.15) is 54.1 Å². The van der Waals surface area contributed by atoms with Gasteiger partial charge in [0.25, 0.3) is 5.91 Å². The number of carbonyl (C=O) groups is 1. The fraction of sp³-hybridized carbons (Fsp3) is 0.500. The third-order valence-corrected chi connectivity index (χ3v) is 3.97. The van der Waals surface area contributed by atoms with Crippen LogP contribution in [0.2, 0.25) is 0 Å². The van der Waals surface area contributed by atoms with Crippen LogP contribution >= 0.6 is 0 Å². The third kappa shape index (κ3) is 3.65. The van der Waals surface area contributed by atoms with Crippen LogP contribution in [0, 0.1) is 18.8 Å². The normalized spacial score (nSPS) is 17.5. The van der Waals surface area contributed by atoms with Gasteiger partial charge in [-0.3, -0.25) is 4.79 Å². The van der Waals surface area contributed by atoms with Gasteiger partial charge in [0.2, 0.25) is 0 Å². The van der Waals surface area contributed by atoms with Crippen LogP contribution in [0.3, 0.4) is 0 Å². The lowest BCUT2D eigenvalue weighted by Gasteiger charge is -2.24. The Morgan fingerprint density at radius 2 is 2.29 bits per heavy atom. The fourth-order valence-electron chi connectivity index (χ4n) is 2.84. The predicted molar refractivity (Wildman–Crippen MR) is 84.1 cm³/mol. The lowest BCUT2D eigenvalue weighted by Crippen LogP contribution is -2.35. The first-order valence-electron chi connectivity index (χ1n) is 7.68. The molecule has 1 N–H and O–H groups in total. The first-order chi connectivity index (χ1) is 10.2. The molecular formula is C18H23NO2. The summed E-state index contributed by atoms with van der Waals surface area (Å²) in [5, 5.41) is 8.84. The fourth-order valence-corrected chi connectivity index (χ4v) is 2.84. The number of likely N-dealkylation sites (tertiary alicyclic amines) is 1. The van der Waals surface area contributed by atoms with Gasteiger partial charge in [-0.25, -0.2) is 0 Å². The number of nitrogens with zero attached hydrogens (tertiary/aromatic N) is 1. The lowest BCUT2D eigenvalue weighted by molar-refractivity contribution is 0.0733. The summed E-state index contributed by atoms with van der Waals surface area (Å²) >= 11 is 0. The Balaban J connectivity index is 2.30. The van der Waals surface area contributed by atoms with Gasteiger partial charge in [-0.15, -0.1) is 0 Å². The number of rotatable bonds is 3. The maximum absolute atomic E-state index is 12.8. The zero-order valence-electron chi connectivity index (χ0n) is 12.9. The Morgan fingerprint density at radius 1 is 1.48 bits per heavy atom. The van der Waals surface area contributed by atoms with Gasteiger partial charge in [0.15, 0.2) is 0 Å². The molecule has 0 aliphatic carbocycles. The summed E-state index contributed by atoms with van der Waals surface area (Å²) in [5.41, 5.74) is 2.55. The molecule has 2 rings (SSSR count). The number of carbonyl (C=O) groups excluding carboxylic acids is 1. The third-order valence-electron chi connectivity index (χ3n) is 3.97. The van der Waals surface area contributed by atoms with Gasteiger partial charge in [0.05, 0.1) is 12.2 Å². The van der Waals surface area contributed by atoms with Crippen LogP contribution in [0.15, 0.2) is 18.2 Å². The second-order valence-corrected chi connectivity index (χ2v) is 5.53. The quantitative estimate of drug-likeness (QED) is 0.868. The second-order valence-electron chi connectivity index (χ2n) is 5.53. The summed E-state index contributed by atoms with van der Waals surface area (Å²) in [6.45, 7) is 5.02. The molecule has 3 nitrogen and oxygen atoms in total. The summed E-state index contributed by atoms with van der Waals surface area (Å²) in [7, 11) is 0. The zero-order chi connectivity index (χ0) is 15.2. The van der Waals surface area contributed by atoms with E-state index in [-0.39, 0.29) is 12.5 Å². The highest BCUT2D eigenvalue weighted by Crippen LogP contribution is 2.23.